The van der Waals surface area contributed by atoms with Crippen molar-refractivity contribution in [2.75, 3.05) is 10.0 Å². The van der Waals surface area contributed by atoms with Gasteiger partial charge in [0.25, 0.3) is 10.0 Å². The Morgan fingerprint density at radius 1 is 0.688 bits per heavy atom. The topological polar surface area (TPSA) is 84.0 Å². The molecule has 0 saturated carbocycles. The number of aryl methyl sites for hydroxylation is 1. The van der Waals surface area contributed by atoms with Crippen molar-refractivity contribution in [2.24, 2.45) is 0 Å². The Kier molecular flexibility index (Phi) is 4.95. The summed E-state index contributed by atoms with van der Waals surface area (Å²) in [6, 6.07) is 27.9. The van der Waals surface area contributed by atoms with Crippen LogP contribution in [-0.2, 0) is 10.0 Å². The Balaban J connectivity index is 1.61. The molecule has 4 aromatic carbocycles. The second-order valence-corrected chi connectivity index (χ2v) is 9.16. The molecule has 32 heavy (non-hydrogen) atoms. The Hall–Kier alpha value is -3.97. The van der Waals surface area contributed by atoms with Gasteiger partial charge in [0.05, 0.1) is 15.9 Å². The van der Waals surface area contributed by atoms with Crippen LogP contribution in [0.2, 0.25) is 0 Å². The van der Waals surface area contributed by atoms with Crippen molar-refractivity contribution in [1.82, 2.24) is 9.97 Å². The molecule has 0 aliphatic carbocycles. The first-order chi connectivity index (χ1) is 15.5. The number of anilines is 3. The van der Waals surface area contributed by atoms with Crippen LogP contribution >= 0.6 is 0 Å². The largest absolute Gasteiger partial charge is 0.337 e. The third-order valence-electron chi connectivity index (χ3n) is 5.18. The number of rotatable bonds is 5. The lowest BCUT2D eigenvalue weighted by Gasteiger charge is -2.15. The van der Waals surface area contributed by atoms with Gasteiger partial charge in [-0.25, -0.2) is 18.4 Å². The third-order valence-corrected chi connectivity index (χ3v) is 6.53. The molecule has 0 saturated heterocycles. The van der Waals surface area contributed by atoms with Crippen LogP contribution in [0, 0.1) is 6.92 Å². The van der Waals surface area contributed by atoms with Crippen molar-refractivity contribution in [1.29, 1.82) is 0 Å². The summed E-state index contributed by atoms with van der Waals surface area (Å²) < 4.78 is 28.7. The van der Waals surface area contributed by atoms with Gasteiger partial charge in [-0.3, -0.25) is 4.72 Å². The quantitative estimate of drug-likeness (QED) is 0.370. The monoisotopic (exact) mass is 440 g/mol. The van der Waals surface area contributed by atoms with E-state index in [4.69, 9.17) is 0 Å². The first-order valence-corrected chi connectivity index (χ1v) is 11.6. The van der Waals surface area contributed by atoms with Crippen LogP contribution < -0.4 is 10.0 Å². The summed E-state index contributed by atoms with van der Waals surface area (Å²) in [5.74, 6) is 0.466. The van der Waals surface area contributed by atoms with Gasteiger partial charge in [-0.2, -0.15) is 0 Å². The van der Waals surface area contributed by atoms with Crippen molar-refractivity contribution >= 4 is 49.2 Å². The van der Waals surface area contributed by atoms with Crippen LogP contribution in [0.1, 0.15) is 5.56 Å². The first-order valence-electron chi connectivity index (χ1n) is 10.1. The molecule has 1 aromatic heterocycles. The van der Waals surface area contributed by atoms with Crippen molar-refractivity contribution in [3.63, 3.8) is 0 Å². The Labute approximate surface area is 186 Å². The molecule has 0 aliphatic heterocycles. The van der Waals surface area contributed by atoms with E-state index < -0.39 is 10.0 Å². The summed E-state index contributed by atoms with van der Waals surface area (Å²) in [4.78, 5) is 9.39. The number of hydrogen-bond donors (Lipinski definition) is 2. The maximum Gasteiger partial charge on any atom is 0.263 e. The summed E-state index contributed by atoms with van der Waals surface area (Å²) in [5.41, 5.74) is 3.04. The summed E-state index contributed by atoms with van der Waals surface area (Å²) in [7, 11) is -3.85. The van der Waals surface area contributed by atoms with Gasteiger partial charge in [0.2, 0.25) is 0 Å². The Morgan fingerprint density at radius 3 is 2.06 bits per heavy atom. The van der Waals surface area contributed by atoms with Crippen LogP contribution in [0.4, 0.5) is 17.3 Å². The molecule has 5 aromatic rings. The number of hydrogen-bond acceptors (Lipinski definition) is 5. The lowest BCUT2D eigenvalue weighted by atomic mass is 10.1. The summed E-state index contributed by atoms with van der Waals surface area (Å²) in [5, 5.41) is 5.35. The minimum Gasteiger partial charge on any atom is -0.337 e. The molecular weight excluding hydrogens is 420 g/mol. The highest BCUT2D eigenvalue weighted by Gasteiger charge is 2.19. The number of nitrogens with zero attached hydrogens (tertiary/aromatic N) is 2. The molecule has 0 bridgehead atoms. The Bertz CT molecular complexity index is 1540. The number of nitrogens with one attached hydrogen (secondary N) is 2. The van der Waals surface area contributed by atoms with Gasteiger partial charge in [-0.1, -0.05) is 66.2 Å². The maximum absolute atomic E-state index is 13.1. The second-order valence-electron chi connectivity index (χ2n) is 7.48. The van der Waals surface area contributed by atoms with E-state index in [1.54, 1.807) is 30.3 Å². The van der Waals surface area contributed by atoms with E-state index in [1.165, 1.54) is 0 Å². The standard InChI is InChI=1S/C25H20N4O2S/c1-17-13-15-19(16-14-17)32(30,31)29-25-24(27-22-10-4-5-11-23(22)28-25)26-21-12-6-8-18-7-2-3-9-20(18)21/h2-16H,1H3,(H,26,27)(H,28,29). The highest BCUT2D eigenvalue weighted by atomic mass is 32.2. The molecule has 0 atom stereocenters. The summed E-state index contributed by atoms with van der Waals surface area (Å²) >= 11 is 0. The van der Waals surface area contributed by atoms with E-state index in [0.29, 0.717) is 16.9 Å². The second kappa shape index (κ2) is 7.94. The van der Waals surface area contributed by atoms with Crippen LogP contribution in [0.15, 0.2) is 95.9 Å². The molecule has 2 N–H and O–H groups in total. The zero-order valence-electron chi connectivity index (χ0n) is 17.3. The summed E-state index contributed by atoms with van der Waals surface area (Å²) in [6.45, 7) is 1.91. The molecular formula is C25H20N4O2S. The lowest BCUT2D eigenvalue weighted by Crippen LogP contribution is -2.16. The SMILES string of the molecule is Cc1ccc(S(=O)(=O)Nc2nc3ccccc3nc2Nc2cccc3ccccc23)cc1. The van der Waals surface area contributed by atoms with Crippen LogP contribution in [-0.4, -0.2) is 18.4 Å². The van der Waals surface area contributed by atoms with Gasteiger partial charge in [0.1, 0.15) is 0 Å². The van der Waals surface area contributed by atoms with E-state index in [0.717, 1.165) is 22.0 Å². The predicted molar refractivity (Wildman–Crippen MR) is 129 cm³/mol. The number of fused-ring (bicyclic) bond motifs is 2. The minimum absolute atomic E-state index is 0.136. The van der Waals surface area contributed by atoms with Crippen molar-refractivity contribution in [3.8, 4) is 0 Å². The highest BCUT2D eigenvalue weighted by Crippen LogP contribution is 2.30. The molecule has 0 spiro atoms. The van der Waals surface area contributed by atoms with Gasteiger partial charge in [0.15, 0.2) is 11.6 Å². The van der Waals surface area contributed by atoms with E-state index in [-0.39, 0.29) is 10.7 Å². The number of sulfonamides is 1. The maximum atomic E-state index is 13.1. The van der Waals surface area contributed by atoms with E-state index in [1.807, 2.05) is 67.6 Å². The van der Waals surface area contributed by atoms with E-state index in [2.05, 4.69) is 20.0 Å². The molecule has 0 fully saturated rings. The zero-order valence-corrected chi connectivity index (χ0v) is 18.1. The molecule has 1 heterocycles. The van der Waals surface area contributed by atoms with Crippen molar-refractivity contribution in [2.45, 2.75) is 11.8 Å². The fourth-order valence-corrected chi connectivity index (χ4v) is 4.53. The van der Waals surface area contributed by atoms with Crippen molar-refractivity contribution < 1.29 is 8.42 Å². The van der Waals surface area contributed by atoms with Gasteiger partial charge in [0, 0.05) is 11.1 Å². The predicted octanol–water partition coefficient (Wildman–Crippen LogP) is 5.64. The average Bonchev–Trinajstić information content (AvgIpc) is 2.80. The first kappa shape index (κ1) is 20.0. The number of para-hydroxylation sites is 2. The molecule has 0 unspecified atom stereocenters. The van der Waals surface area contributed by atoms with Crippen LogP contribution in [0.5, 0.6) is 0 Å². The fourth-order valence-electron chi connectivity index (χ4n) is 3.52. The van der Waals surface area contributed by atoms with Gasteiger partial charge in [-0.05, 0) is 42.6 Å². The van der Waals surface area contributed by atoms with E-state index >= 15 is 0 Å². The highest BCUT2D eigenvalue weighted by molar-refractivity contribution is 7.92. The molecule has 5 rings (SSSR count). The molecule has 7 heteroatoms. The normalized spacial score (nSPS) is 11.5. The fraction of sp³-hybridized carbons (Fsp3) is 0.0400. The van der Waals surface area contributed by atoms with Crippen molar-refractivity contribution in [3.05, 3.63) is 96.6 Å². The average molecular weight is 441 g/mol. The van der Waals surface area contributed by atoms with Gasteiger partial charge >= 0.3 is 0 Å². The molecule has 158 valence electrons. The Morgan fingerprint density at radius 2 is 1.31 bits per heavy atom. The zero-order chi connectivity index (χ0) is 22.1. The lowest BCUT2D eigenvalue weighted by molar-refractivity contribution is 0.601. The molecule has 0 radical (unpaired) electrons. The number of benzene rings is 4. The van der Waals surface area contributed by atoms with Gasteiger partial charge in [-0.15, -0.1) is 0 Å². The van der Waals surface area contributed by atoms with Gasteiger partial charge < -0.3 is 5.32 Å². The molecule has 6 nitrogen and oxygen atoms in total. The number of aromatic nitrogens is 2. The summed E-state index contributed by atoms with van der Waals surface area (Å²) in [6.07, 6.45) is 0. The molecule has 0 amide bonds. The van der Waals surface area contributed by atoms with Crippen LogP contribution in [0.3, 0.4) is 0 Å². The smallest absolute Gasteiger partial charge is 0.263 e. The van der Waals surface area contributed by atoms with E-state index in [9.17, 15) is 8.42 Å². The third kappa shape index (κ3) is 3.86. The van der Waals surface area contributed by atoms with Crippen LogP contribution in [0.25, 0.3) is 21.8 Å². The minimum atomic E-state index is -3.85. The molecule has 0 aliphatic rings.